The number of aromatic nitrogens is 6. The normalized spacial score (nSPS) is 14.7. The van der Waals surface area contributed by atoms with Gasteiger partial charge in [0, 0.05) is 29.5 Å². The highest BCUT2D eigenvalue weighted by Crippen LogP contribution is 2.30. The summed E-state index contributed by atoms with van der Waals surface area (Å²) < 4.78 is 97.6. The summed E-state index contributed by atoms with van der Waals surface area (Å²) in [5.41, 5.74) is 1.01. The zero-order valence-corrected chi connectivity index (χ0v) is 29.4. The van der Waals surface area contributed by atoms with Gasteiger partial charge in [-0.25, -0.2) is 4.21 Å². The molecule has 3 heterocycles. The molecule has 268 valence electrons. The van der Waals surface area contributed by atoms with Crippen LogP contribution >= 0.6 is 0 Å². The lowest BCUT2D eigenvalue weighted by Crippen LogP contribution is -2.37. The van der Waals surface area contributed by atoms with Crippen molar-refractivity contribution in [3.8, 4) is 5.69 Å². The average molecular weight is 765 g/mol. The van der Waals surface area contributed by atoms with E-state index in [0.29, 0.717) is 54.4 Å². The van der Waals surface area contributed by atoms with Crippen LogP contribution in [0.1, 0.15) is 17.0 Å². The number of anilines is 3. The van der Waals surface area contributed by atoms with Crippen molar-refractivity contribution in [2.75, 3.05) is 36.5 Å². The predicted molar refractivity (Wildman–Crippen MR) is 191 cm³/mol. The van der Waals surface area contributed by atoms with Gasteiger partial charge in [-0.2, -0.15) is 36.6 Å². The fourth-order valence-corrected chi connectivity index (χ4v) is 7.68. The number of hydrogen-bond acceptors (Lipinski definition) is 13. The van der Waals surface area contributed by atoms with E-state index in [4.69, 9.17) is 4.74 Å². The van der Waals surface area contributed by atoms with E-state index in [1.807, 2.05) is 4.90 Å². The molecule has 0 saturated carbocycles. The lowest BCUT2D eigenvalue weighted by atomic mass is 10.1. The molecule has 4 aromatic carbocycles. The van der Waals surface area contributed by atoms with Crippen LogP contribution in [-0.2, 0) is 36.1 Å². The van der Waals surface area contributed by atoms with Gasteiger partial charge in [0.2, 0.25) is 11.9 Å². The molecule has 1 aliphatic rings. The summed E-state index contributed by atoms with van der Waals surface area (Å²) in [6.07, 6.45) is 2.53. The summed E-state index contributed by atoms with van der Waals surface area (Å²) in [4.78, 5) is 15.2. The minimum atomic E-state index is -4.85. The third kappa shape index (κ3) is 7.25. The van der Waals surface area contributed by atoms with Crippen molar-refractivity contribution in [3.05, 3.63) is 83.7 Å². The second kappa shape index (κ2) is 13.7. The first-order valence-corrected chi connectivity index (χ1v) is 19.4. The molecule has 2 aromatic heterocycles. The van der Waals surface area contributed by atoms with E-state index in [-0.39, 0.29) is 38.9 Å². The van der Waals surface area contributed by atoms with Crippen LogP contribution < -0.4 is 10.2 Å². The zero-order chi connectivity index (χ0) is 36.8. The molecule has 6 aromatic rings. The molecule has 20 heteroatoms. The minimum absolute atomic E-state index is 0.00296. The molecule has 0 spiro atoms. The topological polar surface area (TPSA) is 240 Å². The lowest BCUT2D eigenvalue weighted by molar-refractivity contribution is 0.122. The van der Waals surface area contributed by atoms with Gasteiger partial charge in [-0.3, -0.25) is 9.11 Å². The molecule has 17 nitrogen and oxygen atoms in total. The van der Waals surface area contributed by atoms with Crippen LogP contribution in [0.4, 0.5) is 17.6 Å². The van der Waals surface area contributed by atoms with Crippen molar-refractivity contribution in [1.82, 2.24) is 29.9 Å². The third-order valence-corrected chi connectivity index (χ3v) is 10.6. The largest absolute Gasteiger partial charge is 0.378 e. The summed E-state index contributed by atoms with van der Waals surface area (Å²) >= 11 is -2.32. The summed E-state index contributed by atoms with van der Waals surface area (Å²) in [5, 5.41) is 12.8. The Hall–Kier alpha value is -5.22. The Bertz CT molecular complexity index is 2660. The Morgan fingerprint density at radius 3 is 2.15 bits per heavy atom. The molecular weight excluding hydrogens is 737 g/mol. The number of aryl methyl sites for hydroxylation is 1. The maximum atomic E-state index is 12.5. The Morgan fingerprint density at radius 1 is 0.827 bits per heavy atom. The fourth-order valence-electron chi connectivity index (χ4n) is 5.69. The van der Waals surface area contributed by atoms with Crippen molar-refractivity contribution in [3.63, 3.8) is 0 Å². The summed E-state index contributed by atoms with van der Waals surface area (Å²) in [6.45, 7) is 3.90. The third-order valence-electron chi connectivity index (χ3n) is 8.07. The number of fused-ring (bicyclic) bond motifs is 3. The van der Waals surface area contributed by atoms with Crippen LogP contribution in [0.25, 0.3) is 39.6 Å². The van der Waals surface area contributed by atoms with Gasteiger partial charge in [-0.15, -0.1) is 10.2 Å². The average Bonchev–Trinajstić information content (AvgIpc) is 3.55. The van der Waals surface area contributed by atoms with Gasteiger partial charge in [-0.1, -0.05) is 48.6 Å². The zero-order valence-electron chi connectivity index (χ0n) is 27.0. The molecule has 4 N–H and O–H groups in total. The number of hydrogen-bond donors (Lipinski definition) is 4. The molecule has 0 aliphatic carbocycles. The van der Waals surface area contributed by atoms with E-state index in [9.17, 15) is 34.7 Å². The number of morpholine rings is 1. The predicted octanol–water partition coefficient (Wildman–Crippen LogP) is 3.89. The molecule has 1 aliphatic heterocycles. The second-order valence-corrected chi connectivity index (χ2v) is 15.2. The Kier molecular flexibility index (Phi) is 9.29. The lowest BCUT2D eigenvalue weighted by Gasteiger charge is -2.27. The monoisotopic (exact) mass is 764 g/mol. The van der Waals surface area contributed by atoms with Crippen molar-refractivity contribution < 1.29 is 39.4 Å². The second-order valence-electron chi connectivity index (χ2n) is 11.5. The molecule has 7 rings (SSSR count). The molecule has 1 atom stereocenters. The SMILES string of the molecule is Cc1nc(Nc2ccc(/C=C/c3ccc(-n4nc5cc(S(=O)O)c6ccccc6c5n4)cc3S(=O)(=O)O)c(S(=O)(=O)O)c2)nc(N2CCOCC2)n1. The maximum Gasteiger partial charge on any atom is 0.295 e. The summed E-state index contributed by atoms with van der Waals surface area (Å²) in [5.74, 6) is 0.994. The minimum Gasteiger partial charge on any atom is -0.378 e. The molecule has 0 amide bonds. The highest BCUT2D eigenvalue weighted by molar-refractivity contribution is 7.86. The van der Waals surface area contributed by atoms with E-state index in [2.05, 4.69) is 30.5 Å². The van der Waals surface area contributed by atoms with Crippen LogP contribution in [0.5, 0.6) is 0 Å². The van der Waals surface area contributed by atoms with Gasteiger partial charge in [0.15, 0.2) is 11.1 Å². The summed E-state index contributed by atoms with van der Waals surface area (Å²) in [6, 6.07) is 16.3. The molecule has 52 heavy (non-hydrogen) atoms. The molecule has 1 unspecified atom stereocenters. The van der Waals surface area contributed by atoms with Gasteiger partial charge >= 0.3 is 0 Å². The van der Waals surface area contributed by atoms with E-state index in [0.717, 1.165) is 10.9 Å². The van der Waals surface area contributed by atoms with Crippen molar-refractivity contribution in [2.45, 2.75) is 21.6 Å². The molecule has 1 saturated heterocycles. The number of ether oxygens (including phenoxy) is 1. The maximum absolute atomic E-state index is 12.5. The van der Waals surface area contributed by atoms with Crippen LogP contribution in [-0.4, -0.2) is 91.0 Å². The van der Waals surface area contributed by atoms with Gasteiger partial charge in [0.25, 0.3) is 20.2 Å². The van der Waals surface area contributed by atoms with Crippen LogP contribution in [0.3, 0.4) is 0 Å². The van der Waals surface area contributed by atoms with E-state index in [1.54, 1.807) is 31.2 Å². The first kappa shape index (κ1) is 35.2. The molecule has 1 fully saturated rings. The van der Waals surface area contributed by atoms with Crippen LogP contribution in [0.2, 0.25) is 0 Å². The van der Waals surface area contributed by atoms with E-state index >= 15 is 0 Å². The van der Waals surface area contributed by atoms with Gasteiger partial charge < -0.3 is 19.5 Å². The van der Waals surface area contributed by atoms with E-state index in [1.165, 1.54) is 48.6 Å². The van der Waals surface area contributed by atoms with Crippen molar-refractivity contribution >= 4 is 82.9 Å². The fraction of sp³-hybridized carbons (Fsp3) is 0.156. The molecule has 0 bridgehead atoms. The first-order valence-electron chi connectivity index (χ1n) is 15.4. The smallest absolute Gasteiger partial charge is 0.295 e. The van der Waals surface area contributed by atoms with Gasteiger partial charge in [-0.05, 0) is 48.4 Å². The summed E-state index contributed by atoms with van der Waals surface area (Å²) in [7, 11) is -9.64. The number of benzene rings is 4. The van der Waals surface area contributed by atoms with Crippen LogP contribution in [0.15, 0.2) is 81.4 Å². The van der Waals surface area contributed by atoms with Gasteiger partial charge in [0.1, 0.15) is 26.6 Å². The van der Waals surface area contributed by atoms with Crippen LogP contribution in [0, 0.1) is 6.92 Å². The highest BCUT2D eigenvalue weighted by Gasteiger charge is 2.21. The Morgan fingerprint density at radius 2 is 1.48 bits per heavy atom. The van der Waals surface area contributed by atoms with Crippen molar-refractivity contribution in [1.29, 1.82) is 0 Å². The highest BCUT2D eigenvalue weighted by atomic mass is 32.2. The first-order chi connectivity index (χ1) is 24.7. The number of nitrogens with zero attached hydrogens (tertiary/aromatic N) is 7. The van der Waals surface area contributed by atoms with E-state index < -0.39 is 41.1 Å². The van der Waals surface area contributed by atoms with Gasteiger partial charge in [0.05, 0.1) is 23.8 Å². The molecule has 0 radical (unpaired) electrons. The molecular formula is C32H28N8O9S3. The number of nitrogens with one attached hydrogen (secondary N) is 1. The Balaban J connectivity index is 1.22. The number of rotatable bonds is 9. The standard InChI is InChI=1S/C32H28N8O9S3/c1-19-33-31(36-32(34-19)39-12-14-49-15-13-39)35-22-10-8-20(28(16-22)51(43,44)45)6-7-21-9-11-23(17-29(21)52(46,47)48)40-37-26-18-27(50(41)42)24-4-2-3-5-25(24)30(26)38-40/h2-11,16-18H,12-15H2,1H3,(H,41,42)(H,43,44,45)(H,46,47,48)(H,33,34,35,36)/b7-6+. The quantitative estimate of drug-likeness (QED) is 0.0927. The van der Waals surface area contributed by atoms with Crippen molar-refractivity contribution in [2.24, 2.45) is 0 Å². The Labute approximate surface area is 298 Å².